The zero-order chi connectivity index (χ0) is 20.8. The quantitative estimate of drug-likeness (QED) is 0.760. The van der Waals surface area contributed by atoms with E-state index in [1.54, 1.807) is 18.2 Å². The second-order valence-corrected chi connectivity index (χ2v) is 7.01. The molecule has 0 unspecified atom stereocenters. The minimum atomic E-state index is -0.700. The van der Waals surface area contributed by atoms with Crippen LogP contribution in [0, 0.1) is 11.3 Å². The van der Waals surface area contributed by atoms with Gasteiger partial charge in [-0.1, -0.05) is 30.7 Å². The minimum Gasteiger partial charge on any atom is -0.477 e. The van der Waals surface area contributed by atoms with Crippen LogP contribution in [-0.4, -0.2) is 37.6 Å². The topological polar surface area (TPSA) is 94.5 Å². The van der Waals surface area contributed by atoms with Crippen LogP contribution in [0.2, 0.25) is 5.02 Å². The van der Waals surface area contributed by atoms with Gasteiger partial charge in [-0.3, -0.25) is 9.59 Å². The first-order chi connectivity index (χ1) is 14.0. The van der Waals surface area contributed by atoms with Gasteiger partial charge in [0.15, 0.2) is 6.10 Å². The maximum Gasteiger partial charge on any atom is 0.262 e. The lowest BCUT2D eigenvalue weighted by molar-refractivity contribution is -0.128. The van der Waals surface area contributed by atoms with Gasteiger partial charge in [0.25, 0.3) is 5.91 Å². The number of para-hydroxylation sites is 2. The van der Waals surface area contributed by atoms with Crippen molar-refractivity contribution in [3.05, 3.63) is 53.1 Å². The summed E-state index contributed by atoms with van der Waals surface area (Å²) in [6.07, 6.45) is 0.127. The van der Waals surface area contributed by atoms with Crippen molar-refractivity contribution in [1.29, 1.82) is 5.26 Å². The molecule has 8 heteroatoms. The number of anilines is 2. The Labute approximate surface area is 174 Å². The van der Waals surface area contributed by atoms with Crippen LogP contribution in [0.15, 0.2) is 42.5 Å². The van der Waals surface area contributed by atoms with Gasteiger partial charge in [0.2, 0.25) is 5.91 Å². The van der Waals surface area contributed by atoms with Crippen molar-refractivity contribution in [3.63, 3.8) is 0 Å². The van der Waals surface area contributed by atoms with Crippen molar-refractivity contribution in [2.24, 2.45) is 0 Å². The van der Waals surface area contributed by atoms with Crippen LogP contribution in [0.3, 0.4) is 0 Å². The van der Waals surface area contributed by atoms with Crippen LogP contribution in [0.5, 0.6) is 5.75 Å². The Kier molecular flexibility index (Phi) is 6.57. The van der Waals surface area contributed by atoms with E-state index < -0.39 is 6.10 Å². The largest absolute Gasteiger partial charge is 0.477 e. The first kappa shape index (κ1) is 20.5. The molecule has 0 radical (unpaired) electrons. The number of hydrogen-bond donors (Lipinski definition) is 2. The number of nitriles is 1. The summed E-state index contributed by atoms with van der Waals surface area (Å²) in [5, 5.41) is 14.8. The molecule has 0 spiro atoms. The van der Waals surface area contributed by atoms with Crippen LogP contribution in [0.4, 0.5) is 11.4 Å². The monoisotopic (exact) mass is 412 g/mol. The number of halogens is 1. The summed E-state index contributed by atoms with van der Waals surface area (Å²) < 4.78 is 5.83. The minimum absolute atomic E-state index is 0.0373. The number of nitrogens with one attached hydrogen (secondary N) is 2. The van der Waals surface area contributed by atoms with E-state index in [4.69, 9.17) is 21.6 Å². The normalized spacial score (nSPS) is 14.9. The van der Waals surface area contributed by atoms with Gasteiger partial charge in [0.05, 0.1) is 29.4 Å². The van der Waals surface area contributed by atoms with Gasteiger partial charge in [-0.2, -0.15) is 5.26 Å². The fourth-order valence-corrected chi connectivity index (χ4v) is 3.24. The molecule has 0 bridgehead atoms. The van der Waals surface area contributed by atoms with Gasteiger partial charge in [-0.25, -0.2) is 0 Å². The van der Waals surface area contributed by atoms with Crippen molar-refractivity contribution >= 4 is 34.8 Å². The third-order valence-corrected chi connectivity index (χ3v) is 4.72. The van der Waals surface area contributed by atoms with Crippen molar-refractivity contribution in [3.8, 4) is 11.8 Å². The highest BCUT2D eigenvalue weighted by atomic mass is 35.5. The van der Waals surface area contributed by atoms with E-state index >= 15 is 0 Å². The number of carbonyl (C=O) groups excluding carboxylic acids is 2. The van der Waals surface area contributed by atoms with E-state index in [-0.39, 0.29) is 29.9 Å². The Morgan fingerprint density at radius 3 is 2.83 bits per heavy atom. The predicted octanol–water partition coefficient (Wildman–Crippen LogP) is 2.94. The molecule has 7 nitrogen and oxygen atoms in total. The van der Waals surface area contributed by atoms with Crippen LogP contribution in [-0.2, 0) is 9.59 Å². The lowest BCUT2D eigenvalue weighted by Crippen LogP contribution is -2.50. The van der Waals surface area contributed by atoms with E-state index in [9.17, 15) is 9.59 Å². The maximum absolute atomic E-state index is 12.6. The molecular weight excluding hydrogens is 392 g/mol. The van der Waals surface area contributed by atoms with E-state index in [0.717, 1.165) is 12.1 Å². The molecule has 2 aromatic carbocycles. The molecule has 150 valence electrons. The molecule has 2 aromatic rings. The molecule has 1 aliphatic heterocycles. The van der Waals surface area contributed by atoms with Crippen molar-refractivity contribution in [2.75, 3.05) is 29.9 Å². The molecule has 1 heterocycles. The number of benzene rings is 2. The molecule has 29 heavy (non-hydrogen) atoms. The van der Waals surface area contributed by atoms with Crippen molar-refractivity contribution in [2.45, 2.75) is 19.4 Å². The molecule has 3 rings (SSSR count). The number of nitrogens with zero attached hydrogens (tertiary/aromatic N) is 2. The highest BCUT2D eigenvalue weighted by molar-refractivity contribution is 6.32. The molecule has 0 saturated carbocycles. The number of ether oxygens (including phenoxy) is 1. The third-order valence-electron chi connectivity index (χ3n) is 4.41. The average molecular weight is 413 g/mol. The first-order valence-electron chi connectivity index (χ1n) is 9.29. The number of hydrogen-bond acceptors (Lipinski definition) is 5. The Morgan fingerprint density at radius 1 is 1.31 bits per heavy atom. The van der Waals surface area contributed by atoms with Gasteiger partial charge < -0.3 is 20.3 Å². The fraction of sp³-hybridized carbons (Fsp3) is 0.286. The lowest BCUT2D eigenvalue weighted by Gasteiger charge is -2.35. The van der Waals surface area contributed by atoms with Gasteiger partial charge in [-0.05, 0) is 36.8 Å². The van der Waals surface area contributed by atoms with Crippen LogP contribution in [0.25, 0.3) is 0 Å². The molecule has 0 aromatic heterocycles. The lowest BCUT2D eigenvalue weighted by atomic mass is 10.1. The summed E-state index contributed by atoms with van der Waals surface area (Å²) in [7, 11) is 0. The summed E-state index contributed by atoms with van der Waals surface area (Å²) in [6, 6.07) is 14.0. The molecule has 2 N–H and O–H groups in total. The third kappa shape index (κ3) is 4.98. The average Bonchev–Trinajstić information content (AvgIpc) is 2.72. The molecule has 1 atom stereocenters. The number of rotatable bonds is 6. The summed E-state index contributed by atoms with van der Waals surface area (Å²) >= 11 is 6.02. The van der Waals surface area contributed by atoms with E-state index in [2.05, 4.69) is 10.6 Å². The second-order valence-electron chi connectivity index (χ2n) is 6.60. The van der Waals surface area contributed by atoms with Crippen LogP contribution >= 0.6 is 11.6 Å². The molecular formula is C21H21ClN4O3. The molecule has 0 fully saturated rings. The first-order valence-corrected chi connectivity index (χ1v) is 9.67. The van der Waals surface area contributed by atoms with E-state index in [1.165, 1.54) is 6.07 Å². The Bertz CT molecular complexity index is 957. The second kappa shape index (κ2) is 9.30. The zero-order valence-electron chi connectivity index (χ0n) is 15.9. The number of fused-ring (bicyclic) bond motifs is 1. The van der Waals surface area contributed by atoms with Crippen molar-refractivity contribution in [1.82, 2.24) is 5.32 Å². The highest BCUT2D eigenvalue weighted by Crippen LogP contribution is 2.33. The SMILES string of the molecule is CCCNC(=O)[C@@H]1CN(CC(=O)Nc2ccc(C#N)c(Cl)c2)c2ccccc2O1. The highest BCUT2D eigenvalue weighted by Gasteiger charge is 2.31. The fourth-order valence-electron chi connectivity index (χ4n) is 3.01. The van der Waals surface area contributed by atoms with Gasteiger partial charge in [0, 0.05) is 12.2 Å². The van der Waals surface area contributed by atoms with Gasteiger partial charge in [-0.15, -0.1) is 0 Å². The van der Waals surface area contributed by atoms with Gasteiger partial charge in [0.1, 0.15) is 11.8 Å². The summed E-state index contributed by atoms with van der Waals surface area (Å²) in [4.78, 5) is 26.8. The Hall–Kier alpha value is -3.24. The summed E-state index contributed by atoms with van der Waals surface area (Å²) in [6.45, 7) is 2.84. The Morgan fingerprint density at radius 2 is 2.10 bits per heavy atom. The molecule has 0 saturated heterocycles. The van der Waals surface area contributed by atoms with Crippen LogP contribution in [0.1, 0.15) is 18.9 Å². The molecule has 0 aliphatic carbocycles. The van der Waals surface area contributed by atoms with Crippen LogP contribution < -0.4 is 20.3 Å². The maximum atomic E-state index is 12.6. The Balaban J connectivity index is 1.72. The predicted molar refractivity (Wildman–Crippen MR) is 111 cm³/mol. The molecule has 1 aliphatic rings. The van der Waals surface area contributed by atoms with E-state index in [1.807, 2.05) is 36.1 Å². The number of amides is 2. The summed E-state index contributed by atoms with van der Waals surface area (Å²) in [5.74, 6) is 0.0884. The van der Waals surface area contributed by atoms with Gasteiger partial charge >= 0.3 is 0 Å². The summed E-state index contributed by atoms with van der Waals surface area (Å²) in [5.41, 5.74) is 1.59. The standard InChI is InChI=1S/C21H21ClN4O3/c1-2-9-24-21(28)19-12-26(17-5-3-4-6-18(17)29-19)13-20(27)25-15-8-7-14(11-23)16(22)10-15/h3-8,10,19H,2,9,12-13H2,1H3,(H,24,28)(H,25,27)/t19-/m0/s1. The smallest absolute Gasteiger partial charge is 0.262 e. The number of carbonyl (C=O) groups is 2. The zero-order valence-corrected chi connectivity index (χ0v) is 16.7. The molecule has 2 amide bonds. The van der Waals surface area contributed by atoms with E-state index in [0.29, 0.717) is 23.5 Å². The van der Waals surface area contributed by atoms with Crippen molar-refractivity contribution < 1.29 is 14.3 Å².